The Morgan fingerprint density at radius 3 is 2.88 bits per heavy atom. The number of piperidine rings is 1. The van der Waals surface area contributed by atoms with Crippen LogP contribution in [0.2, 0.25) is 0 Å². The van der Waals surface area contributed by atoms with Crippen molar-refractivity contribution in [3.63, 3.8) is 0 Å². The number of thioether (sulfide) groups is 1. The number of hydrogen-bond donors (Lipinski definition) is 1. The van der Waals surface area contributed by atoms with E-state index in [-0.39, 0.29) is 24.1 Å². The van der Waals surface area contributed by atoms with Crippen molar-refractivity contribution in [2.45, 2.75) is 26.3 Å². The van der Waals surface area contributed by atoms with Crippen LogP contribution >= 0.6 is 23.1 Å². The summed E-state index contributed by atoms with van der Waals surface area (Å²) >= 11 is 3.19. The first-order chi connectivity index (χ1) is 15.5. The van der Waals surface area contributed by atoms with Gasteiger partial charge in [0.1, 0.15) is 0 Å². The molecule has 0 spiro atoms. The largest absolute Gasteiger partial charge is 0.357 e. The predicted octanol–water partition coefficient (Wildman–Crippen LogP) is 3.69. The smallest absolute Gasteiger partial charge is 0.231 e. The summed E-state index contributed by atoms with van der Waals surface area (Å²) in [6, 6.07) is 10.2. The number of anilines is 1. The lowest BCUT2D eigenvalue weighted by Crippen LogP contribution is -2.46. The van der Waals surface area contributed by atoms with Crippen molar-refractivity contribution in [2.75, 3.05) is 36.5 Å². The third kappa shape index (κ3) is 5.54. The number of amides is 1. The van der Waals surface area contributed by atoms with Crippen LogP contribution < -0.4 is 5.32 Å². The molecule has 3 heterocycles. The van der Waals surface area contributed by atoms with E-state index in [4.69, 9.17) is 0 Å². The lowest BCUT2D eigenvalue weighted by molar-refractivity contribution is -0.133. The summed E-state index contributed by atoms with van der Waals surface area (Å²) in [6.45, 7) is 3.80. The van der Waals surface area contributed by atoms with Gasteiger partial charge >= 0.3 is 0 Å². The SMILES string of the molecule is CCS(=O)(=O)N1CCCC(C(=O)N2CCS/C2=C/c2csc(NCc3ccccc3)n2)C1. The molecule has 1 aromatic carbocycles. The van der Waals surface area contributed by atoms with Gasteiger partial charge in [0.15, 0.2) is 5.13 Å². The van der Waals surface area contributed by atoms with E-state index in [2.05, 4.69) is 22.4 Å². The van der Waals surface area contributed by atoms with Gasteiger partial charge in [0.2, 0.25) is 15.9 Å². The Morgan fingerprint density at radius 1 is 1.28 bits per heavy atom. The minimum Gasteiger partial charge on any atom is -0.357 e. The number of hydrogen-bond acceptors (Lipinski definition) is 7. The maximum Gasteiger partial charge on any atom is 0.231 e. The second-order valence-electron chi connectivity index (χ2n) is 7.84. The topological polar surface area (TPSA) is 82.6 Å². The van der Waals surface area contributed by atoms with Crippen LogP contribution in [-0.2, 0) is 21.4 Å². The van der Waals surface area contributed by atoms with Gasteiger partial charge in [-0.1, -0.05) is 30.3 Å². The number of aromatic nitrogens is 1. The van der Waals surface area contributed by atoms with E-state index in [0.717, 1.165) is 34.4 Å². The molecule has 0 saturated carbocycles. The number of nitrogens with zero attached hydrogens (tertiary/aromatic N) is 3. The van der Waals surface area contributed by atoms with Crippen LogP contribution in [0.5, 0.6) is 0 Å². The molecule has 2 saturated heterocycles. The quantitative estimate of drug-likeness (QED) is 0.635. The van der Waals surface area contributed by atoms with Gasteiger partial charge < -0.3 is 10.2 Å². The van der Waals surface area contributed by atoms with Crippen LogP contribution in [0, 0.1) is 5.92 Å². The predicted molar refractivity (Wildman–Crippen MR) is 132 cm³/mol. The molecular weight excluding hydrogens is 464 g/mol. The molecule has 0 radical (unpaired) electrons. The number of carbonyl (C=O) groups is 1. The number of thiazole rings is 1. The van der Waals surface area contributed by atoms with Crippen molar-refractivity contribution in [1.82, 2.24) is 14.2 Å². The molecule has 1 amide bonds. The number of rotatable bonds is 7. The van der Waals surface area contributed by atoms with Crippen LogP contribution in [0.15, 0.2) is 40.7 Å². The Balaban J connectivity index is 1.41. The second kappa shape index (κ2) is 10.4. The van der Waals surface area contributed by atoms with E-state index in [9.17, 15) is 13.2 Å². The van der Waals surface area contributed by atoms with Crippen molar-refractivity contribution in [3.05, 3.63) is 52.0 Å². The Morgan fingerprint density at radius 2 is 2.09 bits per heavy atom. The first kappa shape index (κ1) is 23.3. The van der Waals surface area contributed by atoms with E-state index >= 15 is 0 Å². The molecule has 172 valence electrons. The standard InChI is InChI=1S/C22H28N4O3S3/c1-2-32(28,29)25-10-6-9-18(15-25)21(27)26-11-12-30-20(26)13-19-16-31-22(24-19)23-14-17-7-4-3-5-8-17/h3-5,7-8,13,16,18H,2,6,9-12,14-15H2,1H3,(H,23,24)/b20-13+. The number of nitrogens with one attached hydrogen (secondary N) is 1. The third-order valence-electron chi connectivity index (χ3n) is 5.67. The van der Waals surface area contributed by atoms with Crippen molar-refractivity contribution < 1.29 is 13.2 Å². The molecule has 0 aliphatic carbocycles. The Bertz CT molecular complexity index is 1070. The summed E-state index contributed by atoms with van der Waals surface area (Å²) < 4.78 is 26.0. The molecule has 2 aliphatic heterocycles. The molecule has 1 unspecified atom stereocenters. The van der Waals surface area contributed by atoms with Crippen LogP contribution in [0.1, 0.15) is 31.0 Å². The summed E-state index contributed by atoms with van der Waals surface area (Å²) in [4.78, 5) is 19.7. The van der Waals surface area contributed by atoms with E-state index in [0.29, 0.717) is 19.6 Å². The Hall–Kier alpha value is -1.88. The Labute approximate surface area is 198 Å². The minimum absolute atomic E-state index is 0.0231. The van der Waals surface area contributed by atoms with Gasteiger partial charge in [0.05, 0.1) is 22.4 Å². The maximum absolute atomic E-state index is 13.2. The van der Waals surface area contributed by atoms with Crippen LogP contribution in [0.4, 0.5) is 5.13 Å². The summed E-state index contributed by atoms with van der Waals surface area (Å²) in [5.74, 6) is 0.647. The lowest BCUT2D eigenvalue weighted by Gasteiger charge is -2.33. The highest BCUT2D eigenvalue weighted by Crippen LogP contribution is 2.33. The lowest BCUT2D eigenvalue weighted by atomic mass is 9.98. The second-order valence-corrected chi connectivity index (χ2v) is 12.1. The van der Waals surface area contributed by atoms with Gasteiger partial charge in [-0.05, 0) is 31.4 Å². The van der Waals surface area contributed by atoms with E-state index in [1.165, 1.54) is 9.87 Å². The van der Waals surface area contributed by atoms with Gasteiger partial charge in [-0.15, -0.1) is 23.1 Å². The number of carbonyl (C=O) groups excluding carboxylic acids is 1. The molecule has 10 heteroatoms. The fourth-order valence-electron chi connectivity index (χ4n) is 3.90. The van der Waals surface area contributed by atoms with E-state index in [1.54, 1.807) is 30.0 Å². The van der Waals surface area contributed by atoms with Crippen molar-refractivity contribution in [2.24, 2.45) is 5.92 Å². The van der Waals surface area contributed by atoms with Gasteiger partial charge in [0, 0.05) is 37.3 Å². The minimum atomic E-state index is -3.27. The molecular formula is C22H28N4O3S3. The molecule has 4 rings (SSSR count). The van der Waals surface area contributed by atoms with Crippen LogP contribution in [0.3, 0.4) is 0 Å². The summed E-state index contributed by atoms with van der Waals surface area (Å²) in [5, 5.41) is 7.06. The Kier molecular flexibility index (Phi) is 7.55. The van der Waals surface area contributed by atoms with Gasteiger partial charge in [-0.25, -0.2) is 17.7 Å². The third-order valence-corrected chi connectivity index (χ3v) is 9.36. The first-order valence-corrected chi connectivity index (χ1v) is 14.3. The average molecular weight is 493 g/mol. The zero-order valence-corrected chi connectivity index (χ0v) is 20.5. The van der Waals surface area contributed by atoms with Gasteiger partial charge in [-0.2, -0.15) is 0 Å². The molecule has 1 atom stereocenters. The molecule has 2 aliphatic rings. The van der Waals surface area contributed by atoms with Gasteiger partial charge in [0.25, 0.3) is 0 Å². The summed E-state index contributed by atoms with van der Waals surface area (Å²) in [6.07, 6.45) is 3.41. The first-order valence-electron chi connectivity index (χ1n) is 10.8. The van der Waals surface area contributed by atoms with Crippen molar-refractivity contribution >= 4 is 50.2 Å². The molecule has 2 aromatic rings. The number of benzene rings is 1. The fraction of sp³-hybridized carbons (Fsp3) is 0.455. The zero-order chi connectivity index (χ0) is 22.6. The highest BCUT2D eigenvalue weighted by Gasteiger charge is 2.36. The summed E-state index contributed by atoms with van der Waals surface area (Å²) in [7, 11) is -3.27. The molecule has 32 heavy (non-hydrogen) atoms. The molecule has 2 fully saturated rings. The van der Waals surface area contributed by atoms with Gasteiger partial charge in [-0.3, -0.25) is 4.79 Å². The average Bonchev–Trinajstić information content (AvgIpc) is 3.48. The number of sulfonamides is 1. The normalized spacial score (nSPS) is 21.2. The fourth-order valence-corrected chi connectivity index (χ4v) is 6.77. The highest BCUT2D eigenvalue weighted by atomic mass is 32.2. The van der Waals surface area contributed by atoms with Crippen molar-refractivity contribution in [1.29, 1.82) is 0 Å². The van der Waals surface area contributed by atoms with E-state index < -0.39 is 10.0 Å². The van der Waals surface area contributed by atoms with E-state index in [1.807, 2.05) is 34.6 Å². The highest BCUT2D eigenvalue weighted by molar-refractivity contribution is 8.03. The molecule has 0 bridgehead atoms. The molecule has 1 N–H and O–H groups in total. The molecule has 1 aromatic heterocycles. The monoisotopic (exact) mass is 492 g/mol. The van der Waals surface area contributed by atoms with Crippen LogP contribution in [0.25, 0.3) is 6.08 Å². The maximum atomic E-state index is 13.2. The summed E-state index contributed by atoms with van der Waals surface area (Å²) in [5.41, 5.74) is 2.02. The molecule has 7 nitrogen and oxygen atoms in total. The van der Waals surface area contributed by atoms with Crippen molar-refractivity contribution in [3.8, 4) is 0 Å². The zero-order valence-electron chi connectivity index (χ0n) is 18.1. The van der Waals surface area contributed by atoms with Crippen LogP contribution in [-0.4, -0.2) is 59.7 Å².